The second-order valence-electron chi connectivity index (χ2n) is 19.9. The molecule has 0 bridgehead atoms. The number of unbranched alkanes of at least 4 members (excludes halogenated alkanes) is 17. The first kappa shape index (κ1) is 70.4. The van der Waals surface area contributed by atoms with Crippen molar-refractivity contribution >= 4 is 23.9 Å². The minimum atomic E-state index is -1.92. The molecule has 436 valence electrons. The Labute approximate surface area is 465 Å². The molecule has 77 heavy (non-hydrogen) atoms. The Morgan fingerprint density at radius 3 is 1.31 bits per heavy atom. The lowest BCUT2D eigenvalue weighted by Gasteiger charge is -2.40. The number of rotatable bonds is 49. The number of ether oxygens (including phenoxy) is 5. The summed E-state index contributed by atoms with van der Waals surface area (Å²) in [5, 5.41) is 31.5. The lowest BCUT2D eigenvalue weighted by Crippen LogP contribution is -2.61. The van der Waals surface area contributed by atoms with Crippen LogP contribution in [0.3, 0.4) is 0 Å². The summed E-state index contributed by atoms with van der Waals surface area (Å²) in [7, 11) is 0. The van der Waals surface area contributed by atoms with Crippen molar-refractivity contribution in [2.45, 2.75) is 263 Å². The van der Waals surface area contributed by atoms with Crippen molar-refractivity contribution in [3.8, 4) is 0 Å². The molecule has 6 atom stereocenters. The predicted octanol–water partition coefficient (Wildman–Crippen LogP) is 15.4. The van der Waals surface area contributed by atoms with Gasteiger partial charge in [-0.2, -0.15) is 0 Å². The lowest BCUT2D eigenvalue weighted by atomic mass is 9.98. The molecule has 0 spiro atoms. The van der Waals surface area contributed by atoms with E-state index >= 15 is 0 Å². The van der Waals surface area contributed by atoms with Gasteiger partial charge in [0.1, 0.15) is 18.8 Å². The van der Waals surface area contributed by atoms with Gasteiger partial charge in [0, 0.05) is 19.3 Å². The number of esters is 3. The maximum Gasteiger partial charge on any atom is 0.335 e. The van der Waals surface area contributed by atoms with E-state index in [-0.39, 0.29) is 25.9 Å². The highest BCUT2D eigenvalue weighted by atomic mass is 16.7. The van der Waals surface area contributed by atoms with Crippen LogP contribution >= 0.6 is 0 Å². The summed E-state index contributed by atoms with van der Waals surface area (Å²) in [5.74, 6) is -3.26. The molecule has 0 amide bonds. The maximum absolute atomic E-state index is 13.1. The summed E-state index contributed by atoms with van der Waals surface area (Å²) < 4.78 is 28.3. The molecule has 1 aliphatic rings. The zero-order chi connectivity index (χ0) is 56.1. The van der Waals surface area contributed by atoms with Gasteiger partial charge in [0.15, 0.2) is 24.6 Å². The number of carboxylic acid groups (broad SMARTS) is 1. The van der Waals surface area contributed by atoms with Crippen LogP contribution in [0.4, 0.5) is 0 Å². The molecule has 0 aromatic heterocycles. The van der Waals surface area contributed by atoms with Gasteiger partial charge in [-0.25, -0.2) is 4.79 Å². The van der Waals surface area contributed by atoms with Crippen molar-refractivity contribution in [1.82, 2.24) is 0 Å². The molecule has 3 N–H and O–H groups in total. The number of aliphatic carboxylic acids is 1. The number of hydrogen-bond donors (Lipinski definition) is 3. The van der Waals surface area contributed by atoms with Crippen LogP contribution in [0.2, 0.25) is 0 Å². The van der Waals surface area contributed by atoms with Crippen molar-refractivity contribution < 1.29 is 58.2 Å². The second-order valence-corrected chi connectivity index (χ2v) is 19.9. The highest BCUT2D eigenvalue weighted by Gasteiger charge is 2.50. The fourth-order valence-electron chi connectivity index (χ4n) is 8.29. The van der Waals surface area contributed by atoms with E-state index in [0.29, 0.717) is 25.7 Å². The monoisotopic (exact) mass is 1080 g/mol. The van der Waals surface area contributed by atoms with E-state index in [0.717, 1.165) is 109 Å². The molecule has 1 heterocycles. The zero-order valence-electron chi connectivity index (χ0n) is 47.9. The van der Waals surface area contributed by atoms with E-state index in [1.54, 1.807) is 0 Å². The van der Waals surface area contributed by atoms with Crippen molar-refractivity contribution in [3.05, 3.63) is 109 Å². The highest BCUT2D eigenvalue weighted by molar-refractivity contribution is 5.74. The number of carbonyl (C=O) groups excluding carboxylic acids is 3. The third-order valence-corrected chi connectivity index (χ3v) is 12.8. The summed E-state index contributed by atoms with van der Waals surface area (Å²) in [6.45, 7) is 5.68. The van der Waals surface area contributed by atoms with Gasteiger partial charge in [-0.15, -0.1) is 0 Å². The Hall–Kier alpha value is -4.62. The third kappa shape index (κ3) is 42.1. The Morgan fingerprint density at radius 2 is 0.831 bits per heavy atom. The molecule has 1 aliphatic heterocycles. The highest BCUT2D eigenvalue weighted by Crippen LogP contribution is 2.26. The van der Waals surface area contributed by atoms with E-state index in [2.05, 4.69) is 124 Å². The number of allylic oxidation sites excluding steroid dienone is 18. The summed E-state index contributed by atoms with van der Waals surface area (Å²) in [5.41, 5.74) is 0. The van der Waals surface area contributed by atoms with Crippen LogP contribution in [0.25, 0.3) is 0 Å². The van der Waals surface area contributed by atoms with Gasteiger partial charge >= 0.3 is 23.9 Å². The molecule has 1 fully saturated rings. The van der Waals surface area contributed by atoms with E-state index in [4.69, 9.17) is 23.7 Å². The van der Waals surface area contributed by atoms with E-state index in [9.17, 15) is 34.5 Å². The van der Waals surface area contributed by atoms with Crippen molar-refractivity contribution in [2.24, 2.45) is 0 Å². The smallest absolute Gasteiger partial charge is 0.335 e. The van der Waals surface area contributed by atoms with Gasteiger partial charge in [0.05, 0.1) is 6.61 Å². The number of carbonyl (C=O) groups is 4. The van der Waals surface area contributed by atoms with Gasteiger partial charge in [0.25, 0.3) is 0 Å². The van der Waals surface area contributed by atoms with Crippen LogP contribution in [0.15, 0.2) is 109 Å². The number of aliphatic hydroxyl groups is 2. The van der Waals surface area contributed by atoms with Crippen LogP contribution < -0.4 is 0 Å². The quantitative estimate of drug-likeness (QED) is 0.0228. The predicted molar refractivity (Wildman–Crippen MR) is 312 cm³/mol. The first-order valence-electron chi connectivity index (χ1n) is 29.9. The van der Waals surface area contributed by atoms with Crippen LogP contribution in [-0.4, -0.2) is 89.2 Å². The molecule has 1 rings (SSSR count). The SMILES string of the molecule is CC/C=C\C/C=C\C/C=C\C/C=C\C/C=C\CCCC(=O)OCC(COC1OC(C(=O)O)C(O)C(O)C1OC(=O)CCCCCCCCC/C=C\CCCCCCCC)OC(=O)CCCCC/C=C\C/C=C\C/C=C\CC. The lowest BCUT2D eigenvalue weighted by molar-refractivity contribution is -0.301. The van der Waals surface area contributed by atoms with Crippen LogP contribution in [-0.2, 0) is 42.9 Å². The molecule has 0 saturated carbocycles. The van der Waals surface area contributed by atoms with Crippen molar-refractivity contribution in [3.63, 3.8) is 0 Å². The topological polar surface area (TPSA) is 175 Å². The van der Waals surface area contributed by atoms with Crippen LogP contribution in [0.5, 0.6) is 0 Å². The summed E-state index contributed by atoms with van der Waals surface area (Å²) in [4.78, 5) is 51.1. The Kier molecular flexibility index (Phi) is 47.6. The first-order valence-corrected chi connectivity index (χ1v) is 29.9. The average Bonchev–Trinajstić information content (AvgIpc) is 3.42. The summed E-state index contributed by atoms with van der Waals surface area (Å²) >= 11 is 0. The molecule has 12 nitrogen and oxygen atoms in total. The molecule has 0 aliphatic carbocycles. The van der Waals surface area contributed by atoms with Crippen LogP contribution in [0.1, 0.15) is 226 Å². The fourth-order valence-corrected chi connectivity index (χ4v) is 8.29. The molecule has 0 aromatic rings. The minimum Gasteiger partial charge on any atom is -0.479 e. The number of carboxylic acids is 1. The summed E-state index contributed by atoms with van der Waals surface area (Å²) in [6, 6.07) is 0. The van der Waals surface area contributed by atoms with Gasteiger partial charge in [-0.3, -0.25) is 14.4 Å². The Balaban J connectivity index is 2.74. The Morgan fingerprint density at radius 1 is 0.442 bits per heavy atom. The average molecular weight is 1080 g/mol. The maximum atomic E-state index is 13.1. The van der Waals surface area contributed by atoms with Gasteiger partial charge < -0.3 is 39.0 Å². The Bertz CT molecular complexity index is 1750. The minimum absolute atomic E-state index is 0.0416. The molecular formula is C65H104O12. The van der Waals surface area contributed by atoms with Gasteiger partial charge in [-0.05, 0) is 116 Å². The summed E-state index contributed by atoms with van der Waals surface area (Å²) in [6.07, 6.45) is 57.8. The molecule has 6 unspecified atom stereocenters. The zero-order valence-corrected chi connectivity index (χ0v) is 47.9. The molecule has 12 heteroatoms. The third-order valence-electron chi connectivity index (χ3n) is 12.8. The van der Waals surface area contributed by atoms with Gasteiger partial charge in [-0.1, -0.05) is 201 Å². The normalized spacial score (nSPS) is 18.8. The number of aliphatic hydroxyl groups excluding tert-OH is 2. The van der Waals surface area contributed by atoms with E-state index in [1.165, 1.54) is 51.4 Å². The molecule has 0 aromatic carbocycles. The van der Waals surface area contributed by atoms with Gasteiger partial charge in [0.2, 0.25) is 0 Å². The standard InChI is InChI=1S/C65H104O12/c1-4-7-10-13-16-19-22-25-27-29-31-34-36-39-42-45-48-51-57(66)73-54-56(75-58(67)52-49-46-43-40-37-33-24-21-18-15-12-9-6-3)55-74-65-63(61(70)60(69)62(77-65)64(71)72)76-59(68)53-50-47-44-41-38-35-32-30-28-26-23-20-17-14-11-8-5-2/h7,9-10,12,16,18-19,21,25-28,31,33-34,37,39,42,56,60-63,65,69-70H,4-6,8,11,13-15,17,20,22-24,29-30,32,35-36,38,40-41,43-55H2,1-3H3,(H,71,72)/b10-7-,12-9-,19-16-,21-18-,27-25-,28-26-,34-31-,37-33-,42-39-. The van der Waals surface area contributed by atoms with E-state index in [1.807, 2.05) is 6.08 Å². The molecule has 1 saturated heterocycles. The largest absolute Gasteiger partial charge is 0.479 e. The second kappa shape index (κ2) is 52.1. The number of hydrogen-bond acceptors (Lipinski definition) is 11. The van der Waals surface area contributed by atoms with Crippen molar-refractivity contribution in [2.75, 3.05) is 13.2 Å². The van der Waals surface area contributed by atoms with Crippen molar-refractivity contribution in [1.29, 1.82) is 0 Å². The molecule has 0 radical (unpaired) electrons. The first-order chi connectivity index (χ1) is 37.6. The van der Waals surface area contributed by atoms with Crippen LogP contribution in [0, 0.1) is 0 Å². The molecular weight excluding hydrogens is 973 g/mol. The fraction of sp³-hybridized carbons (Fsp3) is 0.662. The van der Waals surface area contributed by atoms with E-state index < -0.39 is 67.3 Å².